The number of aliphatic imine (C=N–C) groups is 1. The Labute approximate surface area is 213 Å². The maximum absolute atomic E-state index is 15.2. The molecular formula is C25H28F2N6O3S. The molecule has 37 heavy (non-hydrogen) atoms. The molecule has 1 fully saturated rings. The summed E-state index contributed by atoms with van der Waals surface area (Å²) in [6.07, 6.45) is 8.04. The Morgan fingerprint density at radius 2 is 2.05 bits per heavy atom. The molecular weight excluding hydrogens is 502 g/mol. The molecule has 5 N–H and O–H groups in total. The topological polar surface area (TPSA) is 142 Å². The number of carbonyl (C=O) groups is 1. The average molecular weight is 531 g/mol. The lowest BCUT2D eigenvalue weighted by atomic mass is 10.00. The Kier molecular flexibility index (Phi) is 7.98. The second kappa shape index (κ2) is 11.2. The number of nitrogens with zero attached hydrogens (tertiary/aromatic N) is 2. The number of nitrogens with one attached hydrogen (secondary N) is 3. The number of sulfonamides is 1. The molecule has 1 aromatic carbocycles. The summed E-state index contributed by atoms with van der Waals surface area (Å²) in [7, 11) is -3.86. The first-order valence-corrected chi connectivity index (χ1v) is 13.6. The van der Waals surface area contributed by atoms with Crippen molar-refractivity contribution in [3.8, 4) is 0 Å². The molecule has 1 saturated heterocycles. The number of pyridine rings is 1. The normalized spacial score (nSPS) is 15.5. The van der Waals surface area contributed by atoms with E-state index < -0.39 is 38.7 Å². The highest BCUT2D eigenvalue weighted by Crippen LogP contribution is 2.28. The number of rotatable bonds is 9. The number of piperidine rings is 1. The summed E-state index contributed by atoms with van der Waals surface area (Å²) in [6.45, 7) is 3.43. The molecule has 196 valence electrons. The minimum atomic E-state index is -3.86. The molecule has 0 amide bonds. The molecule has 2 aromatic heterocycles. The fourth-order valence-corrected chi connectivity index (χ4v) is 5.30. The number of halogens is 2. The Bertz CT molecular complexity index is 1480. The third-order valence-electron chi connectivity index (χ3n) is 6.08. The van der Waals surface area contributed by atoms with Gasteiger partial charge in [0, 0.05) is 46.9 Å². The lowest BCUT2D eigenvalue weighted by Crippen LogP contribution is -2.29. The summed E-state index contributed by atoms with van der Waals surface area (Å²) in [5.74, 6) is -3.61. The molecule has 4 rings (SSSR count). The van der Waals surface area contributed by atoms with Crippen molar-refractivity contribution in [1.29, 1.82) is 0 Å². The van der Waals surface area contributed by atoms with Gasteiger partial charge < -0.3 is 16.0 Å². The van der Waals surface area contributed by atoms with Crippen LogP contribution in [-0.2, 0) is 10.0 Å². The van der Waals surface area contributed by atoms with Gasteiger partial charge in [-0.25, -0.2) is 22.2 Å². The number of allylic oxidation sites excluding steroid dienone is 1. The van der Waals surface area contributed by atoms with Crippen LogP contribution in [0, 0.1) is 11.6 Å². The first kappa shape index (κ1) is 26.4. The Hall–Kier alpha value is -3.64. The number of hydrogen-bond acceptors (Lipinski definition) is 7. The van der Waals surface area contributed by atoms with E-state index in [-0.39, 0.29) is 17.4 Å². The maximum Gasteiger partial charge on any atom is 0.232 e. The van der Waals surface area contributed by atoms with E-state index in [0.717, 1.165) is 38.1 Å². The van der Waals surface area contributed by atoms with Crippen LogP contribution in [0.2, 0.25) is 0 Å². The molecule has 1 aliphatic rings. The highest BCUT2D eigenvalue weighted by Gasteiger charge is 2.26. The van der Waals surface area contributed by atoms with Crippen molar-refractivity contribution in [3.63, 3.8) is 0 Å². The SMILES string of the molecule is CCCS(=O)(=O)Nc1ccc(F)c(C(=O)c2c[nH]c3ncc(/C(C=NC4CCNCC4)=C/N)cc23)c1F. The molecule has 12 heteroatoms. The zero-order chi connectivity index (χ0) is 26.6. The predicted octanol–water partition coefficient (Wildman–Crippen LogP) is 3.35. The third-order valence-corrected chi connectivity index (χ3v) is 7.55. The van der Waals surface area contributed by atoms with Gasteiger partial charge >= 0.3 is 0 Å². The molecule has 0 radical (unpaired) electrons. The summed E-state index contributed by atoms with van der Waals surface area (Å²) in [4.78, 5) is 25.1. The number of nitrogens with two attached hydrogens (primary N) is 1. The largest absolute Gasteiger partial charge is 0.404 e. The Morgan fingerprint density at radius 1 is 1.30 bits per heavy atom. The van der Waals surface area contributed by atoms with Gasteiger partial charge in [0.2, 0.25) is 15.8 Å². The van der Waals surface area contributed by atoms with Crippen molar-refractivity contribution < 1.29 is 22.0 Å². The van der Waals surface area contributed by atoms with Crippen molar-refractivity contribution in [2.75, 3.05) is 23.6 Å². The number of H-pyrrole nitrogens is 1. The quantitative estimate of drug-likeness (QED) is 0.247. The minimum Gasteiger partial charge on any atom is -0.404 e. The summed E-state index contributed by atoms with van der Waals surface area (Å²) < 4.78 is 56.2. The monoisotopic (exact) mass is 530 g/mol. The van der Waals surface area contributed by atoms with Crippen molar-refractivity contribution in [2.24, 2.45) is 10.7 Å². The van der Waals surface area contributed by atoms with Crippen molar-refractivity contribution in [1.82, 2.24) is 15.3 Å². The van der Waals surface area contributed by atoms with Crippen LogP contribution in [0.1, 0.15) is 47.7 Å². The number of aromatic nitrogens is 2. The van der Waals surface area contributed by atoms with E-state index in [4.69, 9.17) is 5.73 Å². The van der Waals surface area contributed by atoms with E-state index in [1.54, 1.807) is 25.4 Å². The molecule has 0 bridgehead atoms. The fraction of sp³-hybridized carbons (Fsp3) is 0.320. The summed E-state index contributed by atoms with van der Waals surface area (Å²) >= 11 is 0. The standard InChI is InChI=1S/C25H28F2N6O3S/c1-2-9-37(35,36)33-21-4-3-20(26)22(23(21)27)24(34)19-14-32-25-18(19)10-15(12-31-25)16(11-28)13-30-17-5-7-29-8-6-17/h3-4,10-14,17,29,33H,2,5-9,28H2,1H3,(H,31,32)/b16-11+,30-13?. The highest BCUT2D eigenvalue weighted by molar-refractivity contribution is 7.92. The molecule has 1 aliphatic heterocycles. The highest BCUT2D eigenvalue weighted by atomic mass is 32.2. The van der Waals surface area contributed by atoms with E-state index in [2.05, 4.69) is 25.0 Å². The van der Waals surface area contributed by atoms with Crippen LogP contribution in [0.4, 0.5) is 14.5 Å². The van der Waals surface area contributed by atoms with Crippen LogP contribution in [-0.4, -0.2) is 55.3 Å². The molecule has 0 spiro atoms. The summed E-state index contributed by atoms with van der Waals surface area (Å²) in [6, 6.07) is 3.61. The molecule has 3 heterocycles. The van der Waals surface area contributed by atoms with E-state index in [1.165, 1.54) is 12.4 Å². The third kappa shape index (κ3) is 5.86. The smallest absolute Gasteiger partial charge is 0.232 e. The van der Waals surface area contributed by atoms with Gasteiger partial charge in [-0.05, 0) is 50.6 Å². The average Bonchev–Trinajstić information content (AvgIpc) is 3.30. The van der Waals surface area contributed by atoms with Gasteiger partial charge in [-0.15, -0.1) is 0 Å². The van der Waals surface area contributed by atoms with Crippen LogP contribution in [0.15, 0.2) is 41.8 Å². The molecule has 3 aromatic rings. The van der Waals surface area contributed by atoms with Crippen molar-refractivity contribution >= 4 is 44.3 Å². The van der Waals surface area contributed by atoms with E-state index >= 15 is 4.39 Å². The second-order valence-electron chi connectivity index (χ2n) is 8.74. The lowest BCUT2D eigenvalue weighted by Gasteiger charge is -2.18. The van der Waals surface area contributed by atoms with Crippen LogP contribution >= 0.6 is 0 Å². The Morgan fingerprint density at radius 3 is 2.76 bits per heavy atom. The molecule has 0 saturated carbocycles. The first-order chi connectivity index (χ1) is 17.7. The number of hydrogen-bond donors (Lipinski definition) is 4. The van der Waals surface area contributed by atoms with Gasteiger partial charge in [0.1, 0.15) is 11.5 Å². The van der Waals surface area contributed by atoms with E-state index in [1.807, 2.05) is 0 Å². The van der Waals surface area contributed by atoms with E-state index in [9.17, 15) is 17.6 Å². The number of anilines is 1. The Balaban J connectivity index is 1.69. The molecule has 0 aliphatic carbocycles. The molecule has 9 nitrogen and oxygen atoms in total. The van der Waals surface area contributed by atoms with Crippen LogP contribution in [0.5, 0.6) is 0 Å². The van der Waals surface area contributed by atoms with Crippen LogP contribution in [0.25, 0.3) is 16.6 Å². The van der Waals surface area contributed by atoms with Gasteiger partial charge in [0.05, 0.1) is 23.0 Å². The van der Waals surface area contributed by atoms with Gasteiger partial charge in [-0.3, -0.25) is 14.5 Å². The lowest BCUT2D eigenvalue weighted by molar-refractivity contribution is 0.103. The number of benzene rings is 1. The zero-order valence-corrected chi connectivity index (χ0v) is 21.0. The van der Waals surface area contributed by atoms with E-state index in [0.29, 0.717) is 28.6 Å². The fourth-order valence-electron chi connectivity index (χ4n) is 4.17. The number of aromatic amines is 1. The summed E-state index contributed by atoms with van der Waals surface area (Å²) in [5, 5.41) is 3.60. The van der Waals surface area contributed by atoms with Crippen molar-refractivity contribution in [3.05, 3.63) is 65.1 Å². The van der Waals surface area contributed by atoms with Crippen LogP contribution < -0.4 is 15.8 Å². The van der Waals surface area contributed by atoms with Gasteiger partial charge in [-0.2, -0.15) is 0 Å². The number of carbonyl (C=O) groups excluding carboxylic acids is 1. The second-order valence-corrected chi connectivity index (χ2v) is 10.6. The molecule has 0 unspecified atom stereocenters. The zero-order valence-electron chi connectivity index (χ0n) is 20.2. The van der Waals surface area contributed by atoms with Crippen LogP contribution in [0.3, 0.4) is 0 Å². The predicted molar refractivity (Wildman–Crippen MR) is 140 cm³/mol. The number of fused-ring (bicyclic) bond motifs is 1. The maximum atomic E-state index is 15.2. The summed E-state index contributed by atoms with van der Waals surface area (Å²) in [5.41, 5.74) is 5.92. The van der Waals surface area contributed by atoms with Gasteiger partial charge in [-0.1, -0.05) is 6.92 Å². The number of ketones is 1. The van der Waals surface area contributed by atoms with Gasteiger partial charge in [0.25, 0.3) is 0 Å². The minimum absolute atomic E-state index is 0.0256. The van der Waals surface area contributed by atoms with Gasteiger partial charge in [0.15, 0.2) is 5.82 Å². The first-order valence-electron chi connectivity index (χ1n) is 11.9. The van der Waals surface area contributed by atoms with Crippen molar-refractivity contribution in [2.45, 2.75) is 32.2 Å². The molecule has 0 atom stereocenters.